The van der Waals surface area contributed by atoms with Gasteiger partial charge < -0.3 is 10.3 Å². The maximum atomic E-state index is 12.4. The molecule has 9 heteroatoms. The summed E-state index contributed by atoms with van der Waals surface area (Å²) < 4.78 is 26.6. The average Bonchev–Trinajstić information content (AvgIpc) is 2.71. The van der Waals surface area contributed by atoms with Gasteiger partial charge in [-0.1, -0.05) is 25.1 Å². The van der Waals surface area contributed by atoms with Gasteiger partial charge in [0.05, 0.1) is 22.3 Å². The molecule has 0 saturated heterocycles. The molecule has 1 amide bonds. The van der Waals surface area contributed by atoms with Crippen molar-refractivity contribution in [2.75, 3.05) is 15.8 Å². The number of fused-ring (bicyclic) bond motifs is 1. The van der Waals surface area contributed by atoms with Gasteiger partial charge in [-0.25, -0.2) is 13.4 Å². The summed E-state index contributed by atoms with van der Waals surface area (Å²) in [7, 11) is -3.42. The van der Waals surface area contributed by atoms with E-state index in [0.717, 1.165) is 0 Å². The number of rotatable bonds is 9. The summed E-state index contributed by atoms with van der Waals surface area (Å²) in [4.78, 5) is 31.7. The van der Waals surface area contributed by atoms with E-state index in [9.17, 15) is 18.0 Å². The van der Waals surface area contributed by atoms with Crippen molar-refractivity contribution in [2.24, 2.45) is 0 Å². The Balaban J connectivity index is 1.60. The van der Waals surface area contributed by atoms with Crippen molar-refractivity contribution in [1.29, 1.82) is 0 Å². The number of aromatic nitrogens is 2. The Kier molecular flexibility index (Phi) is 7.06. The number of hydrogen-bond donors (Lipinski definition) is 3. The number of nitrogens with one attached hydrogen (secondary N) is 3. The van der Waals surface area contributed by atoms with E-state index in [1.165, 1.54) is 0 Å². The smallest absolute Gasteiger partial charge is 0.258 e. The van der Waals surface area contributed by atoms with Crippen molar-refractivity contribution < 1.29 is 13.2 Å². The topological polar surface area (TPSA) is 121 Å². The van der Waals surface area contributed by atoms with Crippen molar-refractivity contribution >= 4 is 38.2 Å². The highest BCUT2D eigenvalue weighted by Crippen LogP contribution is 2.24. The molecule has 0 fully saturated rings. The van der Waals surface area contributed by atoms with Gasteiger partial charge in [-0.15, -0.1) is 0 Å². The number of H-pyrrole nitrogens is 1. The lowest BCUT2D eigenvalue weighted by molar-refractivity contribution is -0.116. The molecule has 2 aromatic carbocycles. The van der Waals surface area contributed by atoms with Crippen molar-refractivity contribution in [2.45, 2.75) is 39.5 Å². The predicted octanol–water partition coefficient (Wildman–Crippen LogP) is 3.34. The van der Waals surface area contributed by atoms with Crippen LogP contribution in [0, 0.1) is 6.92 Å². The SMILES string of the molecule is CCCS(=O)(=O)Nc1cccc(NC(=O)CCCc2nc3ccccc3c(=O)[nH]2)c1C. The molecule has 0 bridgehead atoms. The third-order valence-electron chi connectivity index (χ3n) is 4.83. The number of hydrogen-bond acceptors (Lipinski definition) is 5. The number of anilines is 2. The van der Waals surface area contributed by atoms with Gasteiger partial charge >= 0.3 is 0 Å². The highest BCUT2D eigenvalue weighted by molar-refractivity contribution is 7.92. The third kappa shape index (κ3) is 5.91. The number of carbonyl (C=O) groups is 1. The Morgan fingerprint density at radius 2 is 1.84 bits per heavy atom. The monoisotopic (exact) mass is 442 g/mol. The van der Waals surface area contributed by atoms with Gasteiger partial charge in [-0.3, -0.25) is 14.3 Å². The van der Waals surface area contributed by atoms with Gasteiger partial charge in [-0.2, -0.15) is 0 Å². The Morgan fingerprint density at radius 3 is 2.61 bits per heavy atom. The van der Waals surface area contributed by atoms with E-state index in [4.69, 9.17) is 0 Å². The normalized spacial score (nSPS) is 11.4. The number of sulfonamides is 1. The third-order valence-corrected chi connectivity index (χ3v) is 6.30. The van der Waals surface area contributed by atoms with Crippen molar-refractivity contribution in [3.63, 3.8) is 0 Å². The molecule has 0 radical (unpaired) electrons. The predicted molar refractivity (Wildman–Crippen MR) is 123 cm³/mol. The minimum absolute atomic E-state index is 0.0356. The van der Waals surface area contributed by atoms with Crippen molar-refractivity contribution in [3.05, 3.63) is 64.2 Å². The van der Waals surface area contributed by atoms with Crippen LogP contribution in [0.5, 0.6) is 0 Å². The zero-order chi connectivity index (χ0) is 22.4. The maximum Gasteiger partial charge on any atom is 0.258 e. The summed E-state index contributed by atoms with van der Waals surface area (Å²) in [6.07, 6.45) is 1.72. The average molecular weight is 443 g/mol. The second kappa shape index (κ2) is 9.74. The Labute approximate surface area is 181 Å². The van der Waals surface area contributed by atoms with E-state index in [-0.39, 0.29) is 23.6 Å². The van der Waals surface area contributed by atoms with Crippen LogP contribution < -0.4 is 15.6 Å². The molecule has 0 aliphatic rings. The summed E-state index contributed by atoms with van der Waals surface area (Å²) in [5.41, 5.74) is 2.09. The molecule has 0 atom stereocenters. The lowest BCUT2D eigenvalue weighted by atomic mass is 10.1. The number of aryl methyl sites for hydroxylation is 1. The number of amides is 1. The Hall–Kier alpha value is -3.20. The van der Waals surface area contributed by atoms with E-state index in [0.29, 0.717) is 52.9 Å². The molecule has 164 valence electrons. The first kappa shape index (κ1) is 22.5. The van der Waals surface area contributed by atoms with Gasteiger partial charge in [0.1, 0.15) is 5.82 Å². The van der Waals surface area contributed by atoms with E-state index in [1.54, 1.807) is 50.2 Å². The van der Waals surface area contributed by atoms with E-state index >= 15 is 0 Å². The molecule has 8 nitrogen and oxygen atoms in total. The fourth-order valence-electron chi connectivity index (χ4n) is 3.25. The molecular weight excluding hydrogens is 416 g/mol. The van der Waals surface area contributed by atoms with Crippen molar-refractivity contribution in [3.8, 4) is 0 Å². The summed E-state index contributed by atoms with van der Waals surface area (Å²) >= 11 is 0. The molecule has 3 aromatic rings. The first-order chi connectivity index (χ1) is 14.8. The zero-order valence-electron chi connectivity index (χ0n) is 17.6. The molecule has 0 spiro atoms. The lowest BCUT2D eigenvalue weighted by Gasteiger charge is -2.14. The van der Waals surface area contributed by atoms with Crippen LogP contribution in [0.1, 0.15) is 37.6 Å². The summed E-state index contributed by atoms with van der Waals surface area (Å²) in [6.45, 7) is 3.55. The van der Waals surface area contributed by atoms with Crippen LogP contribution in [0.2, 0.25) is 0 Å². The molecule has 3 N–H and O–H groups in total. The molecule has 1 heterocycles. The molecule has 0 unspecified atom stereocenters. The number of benzene rings is 2. The molecule has 3 rings (SSSR count). The van der Waals surface area contributed by atoms with Crippen LogP contribution in [0.25, 0.3) is 10.9 Å². The molecular formula is C22H26N4O4S. The minimum atomic E-state index is -3.42. The van der Waals surface area contributed by atoms with Gasteiger partial charge in [0.2, 0.25) is 15.9 Å². The fraction of sp³-hybridized carbons (Fsp3) is 0.318. The van der Waals surface area contributed by atoms with Gasteiger partial charge in [0.25, 0.3) is 5.56 Å². The number of para-hydroxylation sites is 1. The highest BCUT2D eigenvalue weighted by Gasteiger charge is 2.13. The molecule has 0 aliphatic carbocycles. The highest BCUT2D eigenvalue weighted by atomic mass is 32.2. The largest absolute Gasteiger partial charge is 0.326 e. The number of carbonyl (C=O) groups excluding carboxylic acids is 1. The molecule has 0 aliphatic heterocycles. The number of nitrogens with zero attached hydrogens (tertiary/aromatic N) is 1. The van der Waals surface area contributed by atoms with Crippen molar-refractivity contribution in [1.82, 2.24) is 9.97 Å². The molecule has 31 heavy (non-hydrogen) atoms. The van der Waals surface area contributed by atoms with Crippen LogP contribution in [0.15, 0.2) is 47.3 Å². The van der Waals surface area contributed by atoms with Crippen LogP contribution in [0.4, 0.5) is 11.4 Å². The lowest BCUT2D eigenvalue weighted by Crippen LogP contribution is -2.18. The second-order valence-electron chi connectivity index (χ2n) is 7.33. The van der Waals surface area contributed by atoms with Gasteiger partial charge in [-0.05, 0) is 49.6 Å². The minimum Gasteiger partial charge on any atom is -0.326 e. The first-order valence-electron chi connectivity index (χ1n) is 10.2. The van der Waals surface area contributed by atoms with Crippen LogP contribution in [-0.2, 0) is 21.2 Å². The second-order valence-corrected chi connectivity index (χ2v) is 9.17. The van der Waals surface area contributed by atoms with E-state index in [1.807, 2.05) is 6.07 Å². The van der Waals surface area contributed by atoms with Crippen LogP contribution >= 0.6 is 0 Å². The molecule has 1 aromatic heterocycles. The molecule has 0 saturated carbocycles. The summed E-state index contributed by atoms with van der Waals surface area (Å²) in [5.74, 6) is 0.383. The van der Waals surface area contributed by atoms with Gasteiger partial charge in [0.15, 0.2) is 0 Å². The summed E-state index contributed by atoms with van der Waals surface area (Å²) in [6, 6.07) is 12.2. The quantitative estimate of drug-likeness (QED) is 0.469. The van der Waals surface area contributed by atoms with E-state index in [2.05, 4.69) is 20.0 Å². The van der Waals surface area contributed by atoms with Crippen LogP contribution in [-0.4, -0.2) is 30.0 Å². The van der Waals surface area contributed by atoms with Gasteiger partial charge in [0, 0.05) is 18.5 Å². The number of aromatic amines is 1. The van der Waals surface area contributed by atoms with Crippen LogP contribution in [0.3, 0.4) is 0 Å². The van der Waals surface area contributed by atoms with E-state index < -0.39 is 10.0 Å². The summed E-state index contributed by atoms with van der Waals surface area (Å²) in [5, 5.41) is 3.37. The standard InChI is InChI=1S/C22H26N4O4S/c1-3-14-31(29,30)26-18-11-6-10-17(15(18)2)24-21(27)13-7-12-20-23-19-9-5-4-8-16(19)22(28)25-20/h4-6,8-11,26H,3,7,12-14H2,1-2H3,(H,24,27)(H,23,25,28). The first-order valence-corrected chi connectivity index (χ1v) is 11.8. The zero-order valence-corrected chi connectivity index (χ0v) is 18.4. The maximum absolute atomic E-state index is 12.4. The Morgan fingerprint density at radius 1 is 1.10 bits per heavy atom. The Bertz CT molecular complexity index is 1250. The fourth-order valence-corrected chi connectivity index (χ4v) is 4.45.